The average Bonchev–Trinajstić information content (AvgIpc) is 2.49. The van der Waals surface area contributed by atoms with Gasteiger partial charge in [-0.25, -0.2) is 4.79 Å². The SMILES string of the molecule is Cc1ccc(OCNC(=O)N2CCC(C(N)=O)CC2)cc1. The zero-order valence-electron chi connectivity index (χ0n) is 12.2. The molecular formula is C15H21N3O3. The van der Waals surface area contributed by atoms with Gasteiger partial charge >= 0.3 is 6.03 Å². The minimum atomic E-state index is -0.280. The minimum absolute atomic E-state index is 0.113. The Bertz CT molecular complexity index is 493. The number of carbonyl (C=O) groups is 2. The predicted octanol–water partition coefficient (Wildman–Crippen LogP) is 1.24. The first-order chi connectivity index (χ1) is 10.1. The fraction of sp³-hybridized carbons (Fsp3) is 0.467. The van der Waals surface area contributed by atoms with E-state index >= 15 is 0 Å². The van der Waals surface area contributed by atoms with Crippen LogP contribution in [0.2, 0.25) is 0 Å². The van der Waals surface area contributed by atoms with Crippen LogP contribution in [0.3, 0.4) is 0 Å². The molecule has 21 heavy (non-hydrogen) atoms. The Morgan fingerprint density at radius 1 is 1.29 bits per heavy atom. The van der Waals surface area contributed by atoms with E-state index < -0.39 is 0 Å². The van der Waals surface area contributed by atoms with Crippen molar-refractivity contribution in [3.8, 4) is 5.75 Å². The molecule has 1 saturated heterocycles. The van der Waals surface area contributed by atoms with Gasteiger partial charge in [-0.15, -0.1) is 0 Å². The number of carbonyl (C=O) groups excluding carboxylic acids is 2. The van der Waals surface area contributed by atoms with Crippen LogP contribution in [0.4, 0.5) is 4.79 Å². The summed E-state index contributed by atoms with van der Waals surface area (Å²) in [5.74, 6) is 0.323. The number of piperidine rings is 1. The van der Waals surface area contributed by atoms with Gasteiger partial charge in [-0.05, 0) is 31.9 Å². The van der Waals surface area contributed by atoms with Gasteiger partial charge in [0, 0.05) is 19.0 Å². The van der Waals surface area contributed by atoms with Crippen molar-refractivity contribution in [1.82, 2.24) is 10.2 Å². The second kappa shape index (κ2) is 6.97. The van der Waals surface area contributed by atoms with E-state index in [4.69, 9.17) is 10.5 Å². The van der Waals surface area contributed by atoms with Crippen LogP contribution < -0.4 is 15.8 Å². The monoisotopic (exact) mass is 291 g/mol. The molecule has 6 nitrogen and oxygen atoms in total. The van der Waals surface area contributed by atoms with Crippen LogP contribution in [0.25, 0.3) is 0 Å². The lowest BCUT2D eigenvalue weighted by Crippen LogP contribution is -2.47. The quantitative estimate of drug-likeness (QED) is 0.818. The fourth-order valence-corrected chi connectivity index (χ4v) is 2.29. The topological polar surface area (TPSA) is 84.7 Å². The molecule has 114 valence electrons. The molecule has 1 aromatic carbocycles. The Kier molecular flexibility index (Phi) is 5.03. The number of hydrogen-bond donors (Lipinski definition) is 2. The Labute approximate surface area is 124 Å². The van der Waals surface area contributed by atoms with Crippen LogP contribution >= 0.6 is 0 Å². The summed E-state index contributed by atoms with van der Waals surface area (Å²) >= 11 is 0. The van der Waals surface area contributed by atoms with Crippen LogP contribution in [0.5, 0.6) is 5.75 Å². The lowest BCUT2D eigenvalue weighted by atomic mass is 9.97. The fourth-order valence-electron chi connectivity index (χ4n) is 2.29. The third-order valence-corrected chi connectivity index (χ3v) is 3.67. The molecule has 0 saturated carbocycles. The molecule has 2 rings (SSSR count). The highest BCUT2D eigenvalue weighted by Gasteiger charge is 2.25. The molecule has 0 spiro atoms. The lowest BCUT2D eigenvalue weighted by Gasteiger charge is -2.30. The average molecular weight is 291 g/mol. The molecule has 0 unspecified atom stereocenters. The number of hydrogen-bond acceptors (Lipinski definition) is 3. The Morgan fingerprint density at radius 3 is 2.48 bits per heavy atom. The summed E-state index contributed by atoms with van der Waals surface area (Å²) in [6, 6.07) is 7.45. The number of nitrogens with one attached hydrogen (secondary N) is 1. The van der Waals surface area contributed by atoms with Gasteiger partial charge in [0.2, 0.25) is 5.91 Å². The van der Waals surface area contributed by atoms with Gasteiger partial charge in [-0.1, -0.05) is 17.7 Å². The summed E-state index contributed by atoms with van der Waals surface area (Å²) in [6.45, 7) is 3.22. The van der Waals surface area contributed by atoms with Gasteiger partial charge in [-0.2, -0.15) is 0 Å². The van der Waals surface area contributed by atoms with E-state index in [0.717, 1.165) is 5.56 Å². The molecule has 1 fully saturated rings. The van der Waals surface area contributed by atoms with Crippen LogP contribution in [-0.2, 0) is 4.79 Å². The number of likely N-dealkylation sites (tertiary alicyclic amines) is 1. The highest BCUT2D eigenvalue weighted by molar-refractivity contribution is 5.78. The standard InChI is InChI=1S/C15H21N3O3/c1-11-2-4-13(5-3-11)21-10-17-15(20)18-8-6-12(7-9-18)14(16)19/h2-5,12H,6-10H2,1H3,(H2,16,19)(H,17,20). The molecule has 0 radical (unpaired) electrons. The lowest BCUT2D eigenvalue weighted by molar-refractivity contribution is -0.123. The van der Waals surface area contributed by atoms with E-state index in [2.05, 4.69) is 5.32 Å². The molecule has 1 aromatic rings. The van der Waals surface area contributed by atoms with Crippen molar-refractivity contribution in [1.29, 1.82) is 0 Å². The van der Waals surface area contributed by atoms with E-state index in [0.29, 0.717) is 31.7 Å². The van der Waals surface area contributed by atoms with Gasteiger partial charge in [0.25, 0.3) is 0 Å². The van der Waals surface area contributed by atoms with E-state index in [9.17, 15) is 9.59 Å². The van der Waals surface area contributed by atoms with Crippen LogP contribution in [0.1, 0.15) is 18.4 Å². The van der Waals surface area contributed by atoms with Crippen molar-refractivity contribution in [3.63, 3.8) is 0 Å². The number of aryl methyl sites for hydroxylation is 1. The molecule has 3 N–H and O–H groups in total. The number of nitrogens with two attached hydrogens (primary N) is 1. The molecule has 1 heterocycles. The van der Waals surface area contributed by atoms with E-state index in [1.807, 2.05) is 31.2 Å². The Morgan fingerprint density at radius 2 is 1.90 bits per heavy atom. The largest absolute Gasteiger partial charge is 0.473 e. The van der Waals surface area contributed by atoms with Gasteiger partial charge in [-0.3, -0.25) is 4.79 Å². The zero-order valence-corrected chi connectivity index (χ0v) is 12.2. The smallest absolute Gasteiger partial charge is 0.320 e. The van der Waals surface area contributed by atoms with Gasteiger partial charge < -0.3 is 20.7 Å². The molecule has 6 heteroatoms. The summed E-state index contributed by atoms with van der Waals surface area (Å²) in [5.41, 5.74) is 6.42. The molecule has 1 aliphatic heterocycles. The molecular weight excluding hydrogens is 270 g/mol. The zero-order chi connectivity index (χ0) is 15.2. The third kappa shape index (κ3) is 4.37. The van der Waals surface area contributed by atoms with Gasteiger partial charge in [0.1, 0.15) is 5.75 Å². The summed E-state index contributed by atoms with van der Waals surface area (Å²) in [4.78, 5) is 24.7. The maximum Gasteiger partial charge on any atom is 0.320 e. The first kappa shape index (κ1) is 15.2. The normalized spacial score (nSPS) is 15.6. The third-order valence-electron chi connectivity index (χ3n) is 3.67. The van der Waals surface area contributed by atoms with Crippen molar-refractivity contribution in [2.24, 2.45) is 11.7 Å². The second-order valence-corrected chi connectivity index (χ2v) is 5.25. The Hall–Kier alpha value is -2.24. The number of benzene rings is 1. The summed E-state index contributed by atoms with van der Waals surface area (Å²) in [7, 11) is 0. The number of rotatable bonds is 4. The predicted molar refractivity (Wildman–Crippen MR) is 78.7 cm³/mol. The molecule has 0 atom stereocenters. The first-order valence-corrected chi connectivity index (χ1v) is 7.08. The highest BCUT2D eigenvalue weighted by Crippen LogP contribution is 2.16. The van der Waals surface area contributed by atoms with Crippen molar-refractivity contribution in [3.05, 3.63) is 29.8 Å². The molecule has 0 aromatic heterocycles. The second-order valence-electron chi connectivity index (χ2n) is 5.25. The molecule has 0 bridgehead atoms. The van der Waals surface area contributed by atoms with Crippen LogP contribution in [-0.4, -0.2) is 36.7 Å². The molecule has 0 aliphatic carbocycles. The van der Waals surface area contributed by atoms with E-state index in [-0.39, 0.29) is 24.6 Å². The number of amides is 3. The molecule has 1 aliphatic rings. The summed E-state index contributed by atoms with van der Waals surface area (Å²) < 4.78 is 5.45. The summed E-state index contributed by atoms with van der Waals surface area (Å²) in [5, 5.41) is 2.71. The first-order valence-electron chi connectivity index (χ1n) is 7.08. The van der Waals surface area contributed by atoms with Gasteiger partial charge in [0.15, 0.2) is 6.73 Å². The van der Waals surface area contributed by atoms with Gasteiger partial charge in [0.05, 0.1) is 0 Å². The Balaban J connectivity index is 1.70. The van der Waals surface area contributed by atoms with Crippen LogP contribution in [0, 0.1) is 12.8 Å². The maximum atomic E-state index is 11.9. The van der Waals surface area contributed by atoms with Crippen LogP contribution in [0.15, 0.2) is 24.3 Å². The van der Waals surface area contributed by atoms with Crippen molar-refractivity contribution >= 4 is 11.9 Å². The highest BCUT2D eigenvalue weighted by atomic mass is 16.5. The van der Waals surface area contributed by atoms with E-state index in [1.54, 1.807) is 4.90 Å². The number of nitrogens with zero attached hydrogens (tertiary/aromatic N) is 1. The van der Waals surface area contributed by atoms with E-state index in [1.165, 1.54) is 0 Å². The summed E-state index contributed by atoms with van der Waals surface area (Å²) in [6.07, 6.45) is 1.25. The van der Waals surface area contributed by atoms with Crippen molar-refractivity contribution in [2.75, 3.05) is 19.8 Å². The number of urea groups is 1. The number of primary amides is 1. The minimum Gasteiger partial charge on any atom is -0.473 e. The molecule has 3 amide bonds. The number of ether oxygens (including phenoxy) is 1. The van der Waals surface area contributed by atoms with Crippen molar-refractivity contribution < 1.29 is 14.3 Å². The van der Waals surface area contributed by atoms with Crippen molar-refractivity contribution in [2.45, 2.75) is 19.8 Å². The maximum absolute atomic E-state index is 11.9.